The number of rotatable bonds is 3. The largest absolute Gasteiger partial charge is 0.342 e. The first-order chi connectivity index (χ1) is 9.50. The second kappa shape index (κ2) is 4.73. The number of nitrogens with two attached hydrogens (primary N) is 1. The zero-order chi connectivity index (χ0) is 14.3. The van der Waals surface area contributed by atoms with Crippen molar-refractivity contribution in [3.63, 3.8) is 0 Å². The van der Waals surface area contributed by atoms with Crippen molar-refractivity contribution >= 4 is 17.8 Å². The molecular weight excluding hydrogens is 260 g/mol. The van der Waals surface area contributed by atoms with Gasteiger partial charge in [-0.05, 0) is 31.6 Å². The van der Waals surface area contributed by atoms with Gasteiger partial charge in [0.25, 0.3) is 5.91 Å². The topological polar surface area (TPSA) is 105 Å². The predicted octanol–water partition coefficient (Wildman–Crippen LogP) is -0.686. The van der Waals surface area contributed by atoms with Crippen LogP contribution < -0.4 is 16.4 Å². The fraction of sp³-hybridized carbons (Fsp3) is 0.769. The van der Waals surface area contributed by atoms with Crippen LogP contribution in [-0.4, -0.2) is 47.4 Å². The van der Waals surface area contributed by atoms with Crippen LogP contribution in [0, 0.1) is 5.92 Å². The molecule has 4 N–H and O–H groups in total. The summed E-state index contributed by atoms with van der Waals surface area (Å²) in [6.07, 6.45) is 3.58. The van der Waals surface area contributed by atoms with Crippen LogP contribution >= 0.6 is 0 Å². The number of likely N-dealkylation sites (tertiary alicyclic amines) is 1. The lowest BCUT2D eigenvalue weighted by Gasteiger charge is -2.37. The molecule has 7 heteroatoms. The van der Waals surface area contributed by atoms with Crippen molar-refractivity contribution < 1.29 is 14.4 Å². The van der Waals surface area contributed by atoms with Crippen LogP contribution in [0.3, 0.4) is 0 Å². The quantitative estimate of drug-likeness (QED) is 0.595. The summed E-state index contributed by atoms with van der Waals surface area (Å²) in [6, 6.07) is -0.474. The van der Waals surface area contributed by atoms with Crippen LogP contribution in [0.15, 0.2) is 0 Å². The van der Waals surface area contributed by atoms with E-state index in [0.717, 1.165) is 12.8 Å². The second-order valence-electron chi connectivity index (χ2n) is 6.08. The van der Waals surface area contributed by atoms with E-state index in [4.69, 9.17) is 5.73 Å². The van der Waals surface area contributed by atoms with Gasteiger partial charge in [0.1, 0.15) is 5.54 Å². The van der Waals surface area contributed by atoms with Gasteiger partial charge in [-0.2, -0.15) is 0 Å². The summed E-state index contributed by atoms with van der Waals surface area (Å²) in [4.78, 5) is 36.9. The molecule has 0 aromatic rings. The van der Waals surface area contributed by atoms with Gasteiger partial charge in [0, 0.05) is 25.6 Å². The summed E-state index contributed by atoms with van der Waals surface area (Å²) in [5.41, 5.74) is 5.16. The number of amides is 4. The van der Waals surface area contributed by atoms with E-state index >= 15 is 0 Å². The predicted molar refractivity (Wildman–Crippen MR) is 70.5 cm³/mol. The van der Waals surface area contributed by atoms with Gasteiger partial charge in [-0.25, -0.2) is 4.79 Å². The molecule has 0 bridgehead atoms. The lowest BCUT2D eigenvalue weighted by Crippen LogP contribution is -2.56. The third-order valence-corrected chi connectivity index (χ3v) is 4.62. The SMILES string of the molecule is NC(CC(=O)N1CCC2(CC1)NC(=O)NC2=O)C1CC1. The van der Waals surface area contributed by atoms with Gasteiger partial charge >= 0.3 is 6.03 Å². The number of hydrogen-bond acceptors (Lipinski definition) is 4. The lowest BCUT2D eigenvalue weighted by atomic mass is 9.87. The average Bonchev–Trinajstić information content (AvgIpc) is 3.19. The standard InChI is InChI=1S/C13H20N4O3/c14-9(8-1-2-8)7-10(18)17-5-3-13(4-6-17)11(19)15-12(20)16-13/h8-9H,1-7,14H2,(H2,15,16,19,20). The van der Waals surface area contributed by atoms with Crippen LogP contribution in [0.2, 0.25) is 0 Å². The third-order valence-electron chi connectivity index (χ3n) is 4.62. The van der Waals surface area contributed by atoms with Gasteiger partial charge in [-0.1, -0.05) is 0 Å². The van der Waals surface area contributed by atoms with Crippen LogP contribution in [-0.2, 0) is 9.59 Å². The first-order valence-electron chi connectivity index (χ1n) is 7.17. The highest BCUT2D eigenvalue weighted by Gasteiger charge is 2.48. The molecule has 1 saturated carbocycles. The average molecular weight is 280 g/mol. The van der Waals surface area contributed by atoms with Crippen LogP contribution in [0.5, 0.6) is 0 Å². The molecule has 0 aromatic carbocycles. The number of urea groups is 1. The van der Waals surface area contributed by atoms with E-state index in [-0.39, 0.29) is 17.9 Å². The minimum Gasteiger partial charge on any atom is -0.342 e. The first kappa shape index (κ1) is 13.4. The zero-order valence-corrected chi connectivity index (χ0v) is 11.4. The van der Waals surface area contributed by atoms with Crippen molar-refractivity contribution in [2.45, 2.75) is 43.7 Å². The first-order valence-corrected chi connectivity index (χ1v) is 7.17. The van der Waals surface area contributed by atoms with Gasteiger partial charge in [-0.3, -0.25) is 14.9 Å². The summed E-state index contributed by atoms with van der Waals surface area (Å²) >= 11 is 0. The Morgan fingerprint density at radius 3 is 2.50 bits per heavy atom. The normalized spacial score (nSPS) is 26.4. The van der Waals surface area contributed by atoms with Gasteiger partial charge in [-0.15, -0.1) is 0 Å². The molecule has 2 saturated heterocycles. The second-order valence-corrected chi connectivity index (χ2v) is 6.08. The molecule has 4 amide bonds. The van der Waals surface area contributed by atoms with Gasteiger partial charge in [0.2, 0.25) is 5.91 Å². The summed E-state index contributed by atoms with van der Waals surface area (Å²) in [5.74, 6) is 0.295. The molecule has 1 atom stereocenters. The molecule has 110 valence electrons. The van der Waals surface area contributed by atoms with Crippen LogP contribution in [0.25, 0.3) is 0 Å². The number of nitrogens with zero attached hydrogens (tertiary/aromatic N) is 1. The van der Waals surface area contributed by atoms with Gasteiger partial charge < -0.3 is 16.0 Å². The Hall–Kier alpha value is -1.63. The Kier molecular flexibility index (Phi) is 3.16. The number of imide groups is 1. The highest BCUT2D eigenvalue weighted by Crippen LogP contribution is 2.33. The highest BCUT2D eigenvalue weighted by atomic mass is 16.2. The van der Waals surface area contributed by atoms with E-state index in [1.807, 2.05) is 0 Å². The Morgan fingerprint density at radius 2 is 2.00 bits per heavy atom. The third kappa shape index (κ3) is 2.37. The van der Waals surface area contributed by atoms with Gasteiger partial charge in [0.05, 0.1) is 0 Å². The molecule has 1 spiro atoms. The highest BCUT2D eigenvalue weighted by molar-refractivity contribution is 6.07. The minimum atomic E-state index is -0.813. The summed E-state index contributed by atoms with van der Waals surface area (Å²) in [7, 11) is 0. The number of carbonyl (C=O) groups is 3. The summed E-state index contributed by atoms with van der Waals surface area (Å²) in [6.45, 7) is 0.980. The van der Waals surface area contributed by atoms with E-state index < -0.39 is 11.6 Å². The van der Waals surface area contributed by atoms with E-state index in [9.17, 15) is 14.4 Å². The molecule has 1 unspecified atom stereocenters. The Balaban J connectivity index is 1.54. The minimum absolute atomic E-state index is 0.0344. The fourth-order valence-corrected chi connectivity index (χ4v) is 3.04. The molecule has 2 heterocycles. The molecule has 0 radical (unpaired) electrons. The van der Waals surface area contributed by atoms with Crippen molar-refractivity contribution in [3.05, 3.63) is 0 Å². The number of carbonyl (C=O) groups excluding carboxylic acids is 3. The number of piperidine rings is 1. The maximum atomic E-state index is 12.1. The summed E-state index contributed by atoms with van der Waals surface area (Å²) in [5, 5.41) is 4.95. The fourth-order valence-electron chi connectivity index (χ4n) is 3.04. The van der Waals surface area contributed by atoms with Crippen LogP contribution in [0.1, 0.15) is 32.1 Å². The molecule has 2 aliphatic heterocycles. The molecule has 3 fully saturated rings. The smallest absolute Gasteiger partial charge is 0.322 e. The number of nitrogens with one attached hydrogen (secondary N) is 2. The van der Waals surface area contributed by atoms with Crippen molar-refractivity contribution in [2.24, 2.45) is 11.7 Å². The Bertz CT molecular complexity index is 453. The Labute approximate surface area is 117 Å². The summed E-state index contributed by atoms with van der Waals surface area (Å²) < 4.78 is 0. The molecule has 7 nitrogen and oxygen atoms in total. The van der Waals surface area contributed by atoms with Gasteiger partial charge in [0.15, 0.2) is 0 Å². The molecule has 1 aliphatic carbocycles. The van der Waals surface area contributed by atoms with Crippen LogP contribution in [0.4, 0.5) is 4.79 Å². The maximum Gasteiger partial charge on any atom is 0.322 e. The van der Waals surface area contributed by atoms with Crippen molar-refractivity contribution in [1.82, 2.24) is 15.5 Å². The van der Waals surface area contributed by atoms with E-state index in [0.29, 0.717) is 38.3 Å². The van der Waals surface area contributed by atoms with Crippen molar-refractivity contribution in [3.8, 4) is 0 Å². The van der Waals surface area contributed by atoms with E-state index in [2.05, 4.69) is 10.6 Å². The van der Waals surface area contributed by atoms with E-state index in [1.54, 1.807) is 4.90 Å². The monoisotopic (exact) mass is 280 g/mol. The maximum absolute atomic E-state index is 12.1. The molecule has 0 aromatic heterocycles. The lowest BCUT2D eigenvalue weighted by molar-refractivity contribution is -0.136. The molecular formula is C13H20N4O3. The molecule has 3 rings (SSSR count). The van der Waals surface area contributed by atoms with Crippen molar-refractivity contribution in [1.29, 1.82) is 0 Å². The zero-order valence-electron chi connectivity index (χ0n) is 11.4. The number of hydrogen-bond donors (Lipinski definition) is 3. The Morgan fingerprint density at radius 1 is 1.35 bits per heavy atom. The molecule has 3 aliphatic rings. The van der Waals surface area contributed by atoms with Crippen molar-refractivity contribution in [2.75, 3.05) is 13.1 Å². The van der Waals surface area contributed by atoms with E-state index in [1.165, 1.54) is 0 Å². The molecule has 20 heavy (non-hydrogen) atoms.